The SMILES string of the molecule is O=C(O)CCCCCNC(=O)C(F)(C(F)(F)F)C(F)(F)N1C(F)(F)C(F)(F)C(F)(F)C(F)(F)C1(F)F.[CaH2]. The van der Waals surface area contributed by atoms with Gasteiger partial charge in [-0.3, -0.25) is 9.59 Å². The number of aliphatic carboxylic acids is 1. The molecule has 1 atom stereocenters. The summed E-state index contributed by atoms with van der Waals surface area (Å²) in [5, 5.41) is 9.02. The second kappa shape index (κ2) is 10.5. The van der Waals surface area contributed by atoms with Crippen LogP contribution in [0.3, 0.4) is 0 Å². The Labute approximate surface area is 224 Å². The van der Waals surface area contributed by atoms with Crippen molar-refractivity contribution in [2.75, 3.05) is 6.54 Å². The second-order valence-electron chi connectivity index (χ2n) is 7.30. The van der Waals surface area contributed by atoms with Crippen molar-refractivity contribution < 1.29 is 84.9 Å². The summed E-state index contributed by atoms with van der Waals surface area (Å²) in [5.74, 6) is -29.0. The minimum atomic E-state index is -8.07. The van der Waals surface area contributed by atoms with Gasteiger partial charge in [-0.05, 0) is 12.8 Å². The molecule has 1 rings (SSSR count). The van der Waals surface area contributed by atoms with Gasteiger partial charge in [-0.2, -0.15) is 65.9 Å². The Morgan fingerprint density at radius 3 is 1.46 bits per heavy atom. The fraction of sp³-hybridized carbons (Fsp3) is 0.867. The molecule has 0 saturated carbocycles. The van der Waals surface area contributed by atoms with Crippen LogP contribution in [-0.4, -0.2) is 114 Å². The van der Waals surface area contributed by atoms with Crippen LogP contribution in [0.5, 0.6) is 0 Å². The standard InChI is InChI=1S/C15H12F16N2O3.Ca.2H/c16-8(12(23,24)25,7(36)32-5-3-1-2-4-6(34)35)13(26,27)33-14(28,29)10(19,20)9(17,18)11(21,22)15(33,30)31;;;/h1-5H2,(H,32,36)(H,34,35);;;. The van der Waals surface area contributed by atoms with E-state index in [1.165, 1.54) is 0 Å². The van der Waals surface area contributed by atoms with Crippen LogP contribution in [0.25, 0.3) is 0 Å². The van der Waals surface area contributed by atoms with Crippen molar-refractivity contribution in [1.29, 1.82) is 0 Å². The molecule has 0 aromatic heterocycles. The Morgan fingerprint density at radius 1 is 0.703 bits per heavy atom. The van der Waals surface area contributed by atoms with Gasteiger partial charge in [0.15, 0.2) is 0 Å². The van der Waals surface area contributed by atoms with E-state index in [0.29, 0.717) is 5.32 Å². The zero-order valence-corrected chi connectivity index (χ0v) is 16.8. The number of likely N-dealkylation sites (tertiary alicyclic amines) is 1. The van der Waals surface area contributed by atoms with Gasteiger partial charge >= 0.3 is 91.5 Å². The molecule has 216 valence electrons. The van der Waals surface area contributed by atoms with Crippen molar-refractivity contribution in [3.63, 3.8) is 0 Å². The number of rotatable bonds is 9. The number of halogens is 16. The molecule has 0 spiro atoms. The third-order valence-corrected chi connectivity index (χ3v) is 4.86. The van der Waals surface area contributed by atoms with E-state index in [4.69, 9.17) is 5.11 Å². The molecule has 0 radical (unpaired) electrons. The maximum absolute atomic E-state index is 14.6. The quantitative estimate of drug-likeness (QED) is 0.178. The van der Waals surface area contributed by atoms with Gasteiger partial charge in [-0.15, -0.1) is 4.90 Å². The average molecular weight is 614 g/mol. The van der Waals surface area contributed by atoms with Crippen molar-refractivity contribution in [2.45, 2.75) is 73.4 Å². The molecule has 1 aliphatic rings. The molecule has 0 aromatic rings. The van der Waals surface area contributed by atoms with E-state index in [1.807, 2.05) is 0 Å². The number of carbonyl (C=O) groups is 2. The number of unbranched alkanes of at least 4 members (excludes halogenated alkanes) is 2. The van der Waals surface area contributed by atoms with Crippen LogP contribution in [0.4, 0.5) is 70.2 Å². The zero-order chi connectivity index (χ0) is 29.0. The van der Waals surface area contributed by atoms with E-state index < -0.39 is 83.9 Å². The summed E-state index contributed by atoms with van der Waals surface area (Å²) in [4.78, 5) is 17.5. The van der Waals surface area contributed by atoms with Gasteiger partial charge < -0.3 is 10.4 Å². The zero-order valence-electron chi connectivity index (χ0n) is 16.8. The van der Waals surface area contributed by atoms with Gasteiger partial charge in [-0.1, -0.05) is 6.42 Å². The predicted octanol–water partition coefficient (Wildman–Crippen LogP) is 4.10. The van der Waals surface area contributed by atoms with Crippen LogP contribution < -0.4 is 5.32 Å². The Bertz CT molecular complexity index is 835. The van der Waals surface area contributed by atoms with Crippen LogP contribution in [-0.2, 0) is 9.59 Å². The number of nitrogens with one attached hydrogen (secondary N) is 1. The van der Waals surface area contributed by atoms with Crippen molar-refractivity contribution in [1.82, 2.24) is 10.2 Å². The van der Waals surface area contributed by atoms with Crippen LogP contribution in [0.15, 0.2) is 0 Å². The summed E-state index contributed by atoms with van der Waals surface area (Å²) in [6, 6.07) is -24.1. The van der Waals surface area contributed by atoms with E-state index in [0.717, 1.165) is 0 Å². The number of nitrogens with zero attached hydrogens (tertiary/aromatic N) is 1. The predicted molar refractivity (Wildman–Crippen MR) is 89.1 cm³/mol. The first-order chi connectivity index (χ1) is 15.7. The summed E-state index contributed by atoms with van der Waals surface area (Å²) < 4.78 is 218. The summed E-state index contributed by atoms with van der Waals surface area (Å²) in [6.07, 6.45) is -9.33. The minimum absolute atomic E-state index is 0. The Hall–Kier alpha value is -0.960. The molecule has 37 heavy (non-hydrogen) atoms. The molecule has 1 amide bonds. The molecule has 22 heteroatoms. The van der Waals surface area contributed by atoms with Gasteiger partial charge in [0.1, 0.15) is 0 Å². The molecule has 1 unspecified atom stereocenters. The topological polar surface area (TPSA) is 69.6 Å². The molecule has 0 aromatic carbocycles. The van der Waals surface area contributed by atoms with E-state index in [2.05, 4.69) is 0 Å². The molecule has 0 bridgehead atoms. The van der Waals surface area contributed by atoms with Crippen molar-refractivity contribution in [3.8, 4) is 0 Å². The Kier molecular flexibility index (Phi) is 10.3. The summed E-state index contributed by atoms with van der Waals surface area (Å²) >= 11 is 0. The molecular formula is C15H14CaF16N2O3. The number of alkyl halides is 16. The van der Waals surface area contributed by atoms with Crippen molar-refractivity contribution >= 4 is 49.6 Å². The first-order valence-corrected chi connectivity index (χ1v) is 9.03. The molecule has 5 nitrogen and oxygen atoms in total. The number of carboxylic acids is 1. The third-order valence-electron chi connectivity index (χ3n) is 4.86. The van der Waals surface area contributed by atoms with Gasteiger partial charge in [0.05, 0.1) is 0 Å². The second-order valence-corrected chi connectivity index (χ2v) is 7.30. The monoisotopic (exact) mass is 614 g/mol. The van der Waals surface area contributed by atoms with E-state index in [1.54, 1.807) is 0 Å². The summed E-state index contributed by atoms with van der Waals surface area (Å²) in [6.45, 7) is -1.30. The van der Waals surface area contributed by atoms with Crippen molar-refractivity contribution in [2.24, 2.45) is 0 Å². The van der Waals surface area contributed by atoms with Gasteiger partial charge in [-0.25, -0.2) is 4.39 Å². The molecule has 2 N–H and O–H groups in total. The molecule has 1 heterocycles. The van der Waals surface area contributed by atoms with Crippen LogP contribution in [0.2, 0.25) is 0 Å². The van der Waals surface area contributed by atoms with E-state index in [9.17, 15) is 79.8 Å². The number of hydrogen-bond donors (Lipinski definition) is 2. The third kappa shape index (κ3) is 5.17. The molecule has 1 fully saturated rings. The molecule has 0 aliphatic carbocycles. The number of carbonyl (C=O) groups excluding carboxylic acids is 1. The van der Waals surface area contributed by atoms with Crippen molar-refractivity contribution in [3.05, 3.63) is 0 Å². The first kappa shape index (κ1) is 36.0. The molecule has 1 aliphatic heterocycles. The first-order valence-electron chi connectivity index (χ1n) is 9.03. The van der Waals surface area contributed by atoms with Crippen LogP contribution in [0, 0.1) is 0 Å². The Morgan fingerprint density at radius 2 is 1.11 bits per heavy atom. The fourth-order valence-electron chi connectivity index (χ4n) is 2.88. The number of amides is 1. The van der Waals surface area contributed by atoms with Crippen LogP contribution in [0.1, 0.15) is 25.7 Å². The Balaban J connectivity index is 0.0000130. The molecule has 1 saturated heterocycles. The number of carboxylic acid groups (broad SMARTS) is 1. The van der Waals surface area contributed by atoms with Gasteiger partial charge in [0.25, 0.3) is 5.91 Å². The van der Waals surface area contributed by atoms with Gasteiger partial charge in [0.2, 0.25) is 0 Å². The molecular weight excluding hydrogens is 600 g/mol. The average Bonchev–Trinajstić information content (AvgIpc) is 2.66. The number of hydrogen-bond acceptors (Lipinski definition) is 3. The summed E-state index contributed by atoms with van der Waals surface area (Å²) in [5.41, 5.74) is -7.41. The van der Waals surface area contributed by atoms with E-state index >= 15 is 0 Å². The normalized spacial score (nSPS) is 23.9. The summed E-state index contributed by atoms with van der Waals surface area (Å²) in [7, 11) is 0. The van der Waals surface area contributed by atoms with Gasteiger partial charge in [0, 0.05) is 13.0 Å². The van der Waals surface area contributed by atoms with E-state index in [-0.39, 0.29) is 50.6 Å². The fourth-order valence-corrected chi connectivity index (χ4v) is 2.88. The van der Waals surface area contributed by atoms with Crippen LogP contribution >= 0.6 is 0 Å². The maximum atomic E-state index is 14.6. The number of piperidine rings is 1.